The van der Waals surface area contributed by atoms with Crippen molar-refractivity contribution in [3.63, 3.8) is 0 Å². The predicted molar refractivity (Wildman–Crippen MR) is 101 cm³/mol. The Morgan fingerprint density at radius 2 is 1.75 bits per heavy atom. The highest BCUT2D eigenvalue weighted by atomic mass is 15.2. The van der Waals surface area contributed by atoms with E-state index in [-0.39, 0.29) is 0 Å². The molecule has 3 N–H and O–H groups in total. The Morgan fingerprint density at radius 1 is 0.958 bits per heavy atom. The van der Waals surface area contributed by atoms with Gasteiger partial charge in [0.1, 0.15) is 5.82 Å². The van der Waals surface area contributed by atoms with E-state index in [2.05, 4.69) is 46.6 Å². The largest absolute Gasteiger partial charge is 0.356 e. The van der Waals surface area contributed by atoms with E-state index in [1.54, 1.807) is 0 Å². The molecular formula is C20H22N4. The molecule has 1 aromatic heterocycles. The molecule has 2 aromatic carbocycles. The van der Waals surface area contributed by atoms with Gasteiger partial charge in [0.15, 0.2) is 0 Å². The number of hydrogen-bond acceptors (Lipinski definition) is 4. The van der Waals surface area contributed by atoms with Gasteiger partial charge >= 0.3 is 0 Å². The average Bonchev–Trinajstić information content (AvgIpc) is 2.63. The monoisotopic (exact) mass is 318 g/mol. The lowest BCUT2D eigenvalue weighted by atomic mass is 10.0. The fourth-order valence-electron chi connectivity index (χ4n) is 3.34. The van der Waals surface area contributed by atoms with Crippen LogP contribution in [0.15, 0.2) is 60.8 Å². The van der Waals surface area contributed by atoms with Gasteiger partial charge in [0.2, 0.25) is 0 Å². The summed E-state index contributed by atoms with van der Waals surface area (Å²) in [5.41, 5.74) is 8.24. The lowest BCUT2D eigenvalue weighted by Gasteiger charge is -2.32. The summed E-state index contributed by atoms with van der Waals surface area (Å²) in [6.45, 7) is 1.93. The Labute approximate surface area is 142 Å². The highest BCUT2D eigenvalue weighted by Gasteiger charge is 2.20. The third-order valence-corrected chi connectivity index (χ3v) is 4.66. The fraction of sp³-hybridized carbons (Fsp3) is 0.250. The number of benzene rings is 2. The van der Waals surface area contributed by atoms with Gasteiger partial charge in [-0.1, -0.05) is 30.3 Å². The van der Waals surface area contributed by atoms with Crippen LogP contribution in [-0.2, 0) is 0 Å². The summed E-state index contributed by atoms with van der Waals surface area (Å²) >= 11 is 0. The van der Waals surface area contributed by atoms with E-state index in [1.165, 1.54) is 10.8 Å². The van der Waals surface area contributed by atoms with Crippen LogP contribution in [0.3, 0.4) is 0 Å². The Morgan fingerprint density at radius 3 is 2.54 bits per heavy atom. The van der Waals surface area contributed by atoms with E-state index in [0.29, 0.717) is 6.04 Å². The van der Waals surface area contributed by atoms with Crippen molar-refractivity contribution in [1.29, 1.82) is 0 Å². The number of rotatable bonds is 3. The molecule has 4 rings (SSSR count). The molecule has 0 amide bonds. The summed E-state index contributed by atoms with van der Waals surface area (Å²) in [6.07, 6.45) is 3.94. The number of piperidine rings is 1. The molecule has 1 aliphatic heterocycles. The van der Waals surface area contributed by atoms with Crippen molar-refractivity contribution < 1.29 is 0 Å². The van der Waals surface area contributed by atoms with Crippen LogP contribution < -0.4 is 16.0 Å². The smallest absolute Gasteiger partial charge is 0.138 e. The number of nitrogens with two attached hydrogens (primary N) is 1. The first-order valence-corrected chi connectivity index (χ1v) is 8.51. The highest BCUT2D eigenvalue weighted by Crippen LogP contribution is 2.34. The third kappa shape index (κ3) is 2.93. The van der Waals surface area contributed by atoms with Gasteiger partial charge in [0.05, 0.1) is 5.69 Å². The summed E-state index contributed by atoms with van der Waals surface area (Å²) in [4.78, 5) is 7.07. The van der Waals surface area contributed by atoms with Crippen molar-refractivity contribution in [1.82, 2.24) is 4.98 Å². The molecule has 0 bridgehead atoms. The second-order valence-corrected chi connectivity index (χ2v) is 6.35. The van der Waals surface area contributed by atoms with Gasteiger partial charge in [-0.2, -0.15) is 0 Å². The minimum atomic E-state index is 0.318. The number of nitrogens with one attached hydrogen (secondary N) is 1. The topological polar surface area (TPSA) is 54.2 Å². The Kier molecular flexibility index (Phi) is 4.05. The van der Waals surface area contributed by atoms with Gasteiger partial charge in [0, 0.05) is 36.4 Å². The van der Waals surface area contributed by atoms with Gasteiger partial charge < -0.3 is 16.0 Å². The predicted octanol–water partition coefficient (Wildman–Crippen LogP) is 3.91. The summed E-state index contributed by atoms with van der Waals surface area (Å²) in [5, 5.41) is 5.93. The zero-order valence-corrected chi connectivity index (χ0v) is 13.7. The molecule has 0 atom stereocenters. The molecule has 2 heterocycles. The first-order valence-electron chi connectivity index (χ1n) is 8.51. The average molecular weight is 318 g/mol. The summed E-state index contributed by atoms with van der Waals surface area (Å²) < 4.78 is 0. The van der Waals surface area contributed by atoms with Crippen molar-refractivity contribution in [3.05, 3.63) is 60.8 Å². The molecule has 0 unspecified atom stereocenters. The second kappa shape index (κ2) is 6.49. The first kappa shape index (κ1) is 15.0. The van der Waals surface area contributed by atoms with Crippen molar-refractivity contribution in [2.45, 2.75) is 18.9 Å². The van der Waals surface area contributed by atoms with Crippen molar-refractivity contribution in [2.24, 2.45) is 5.73 Å². The molecule has 3 aromatic rings. The van der Waals surface area contributed by atoms with Crippen molar-refractivity contribution >= 4 is 28.0 Å². The van der Waals surface area contributed by atoms with Crippen LogP contribution >= 0.6 is 0 Å². The maximum atomic E-state index is 6.06. The molecule has 1 aliphatic rings. The number of para-hydroxylation sites is 1. The quantitative estimate of drug-likeness (QED) is 0.769. The number of pyridine rings is 1. The van der Waals surface area contributed by atoms with Crippen LogP contribution in [0.1, 0.15) is 12.8 Å². The minimum Gasteiger partial charge on any atom is -0.356 e. The van der Waals surface area contributed by atoms with Crippen molar-refractivity contribution in [3.8, 4) is 0 Å². The van der Waals surface area contributed by atoms with E-state index < -0.39 is 0 Å². The molecule has 0 spiro atoms. The Hall–Kier alpha value is -2.59. The lowest BCUT2D eigenvalue weighted by molar-refractivity contribution is 0.499. The first-order chi connectivity index (χ1) is 11.8. The fourth-order valence-corrected chi connectivity index (χ4v) is 3.34. The van der Waals surface area contributed by atoms with Gasteiger partial charge in [-0.05, 0) is 42.5 Å². The number of anilines is 3. The second-order valence-electron chi connectivity index (χ2n) is 6.35. The van der Waals surface area contributed by atoms with E-state index in [9.17, 15) is 0 Å². The van der Waals surface area contributed by atoms with Crippen LogP contribution in [0.4, 0.5) is 17.2 Å². The normalized spacial score (nSPS) is 15.6. The summed E-state index contributed by atoms with van der Waals surface area (Å²) in [5.74, 6) is 1.05. The van der Waals surface area contributed by atoms with E-state index in [4.69, 9.17) is 10.7 Å². The maximum Gasteiger partial charge on any atom is 0.138 e. The van der Waals surface area contributed by atoms with Crippen molar-refractivity contribution in [2.75, 3.05) is 23.3 Å². The molecule has 1 saturated heterocycles. The summed E-state index contributed by atoms with van der Waals surface area (Å²) in [6, 6.07) is 19.0. The molecule has 4 nitrogen and oxygen atoms in total. The van der Waals surface area contributed by atoms with E-state index in [1.807, 2.05) is 24.4 Å². The van der Waals surface area contributed by atoms with Gasteiger partial charge in [-0.15, -0.1) is 0 Å². The third-order valence-electron chi connectivity index (χ3n) is 4.66. The molecule has 0 saturated carbocycles. The summed E-state index contributed by atoms with van der Waals surface area (Å²) in [7, 11) is 0. The number of aromatic nitrogens is 1. The SMILES string of the molecule is NC1CCN(c2nccc3cccc(Nc4ccccc4)c23)CC1. The molecule has 0 aliphatic carbocycles. The Balaban J connectivity index is 1.77. The molecule has 122 valence electrons. The Bertz CT molecular complexity index is 818. The van der Waals surface area contributed by atoms with Gasteiger partial charge in [-0.3, -0.25) is 0 Å². The highest BCUT2D eigenvalue weighted by molar-refractivity contribution is 6.03. The number of nitrogens with zero attached hydrogens (tertiary/aromatic N) is 2. The zero-order valence-electron chi connectivity index (χ0n) is 13.7. The molecule has 24 heavy (non-hydrogen) atoms. The van der Waals surface area contributed by atoms with E-state index >= 15 is 0 Å². The molecular weight excluding hydrogens is 296 g/mol. The van der Waals surface area contributed by atoms with Crippen LogP contribution in [0.25, 0.3) is 10.8 Å². The number of fused-ring (bicyclic) bond motifs is 1. The lowest BCUT2D eigenvalue weighted by Crippen LogP contribution is -2.40. The zero-order chi connectivity index (χ0) is 16.4. The van der Waals surface area contributed by atoms with Crippen LogP contribution in [0.5, 0.6) is 0 Å². The molecule has 1 fully saturated rings. The molecule has 4 heteroatoms. The maximum absolute atomic E-state index is 6.06. The van der Waals surface area contributed by atoms with Gasteiger partial charge in [-0.25, -0.2) is 4.98 Å². The molecule has 0 radical (unpaired) electrons. The van der Waals surface area contributed by atoms with Crippen LogP contribution in [-0.4, -0.2) is 24.1 Å². The minimum absolute atomic E-state index is 0.318. The van der Waals surface area contributed by atoms with Crippen LogP contribution in [0.2, 0.25) is 0 Å². The van der Waals surface area contributed by atoms with E-state index in [0.717, 1.165) is 43.1 Å². The van der Waals surface area contributed by atoms with Gasteiger partial charge in [0.25, 0.3) is 0 Å². The standard InChI is InChI=1S/C20H22N4/c21-16-10-13-24(14-11-16)20-19-15(9-12-22-20)5-4-8-18(19)23-17-6-2-1-3-7-17/h1-9,12,16,23H,10-11,13-14,21H2. The number of hydrogen-bond donors (Lipinski definition) is 2. The van der Waals surface area contributed by atoms with Crippen LogP contribution in [0, 0.1) is 0 Å².